The third kappa shape index (κ3) is 4.22. The van der Waals surface area contributed by atoms with Gasteiger partial charge in [0.1, 0.15) is 5.75 Å². The van der Waals surface area contributed by atoms with Crippen LogP contribution in [0, 0.1) is 0 Å². The molecule has 0 aromatic heterocycles. The molecule has 5 heteroatoms. The molecule has 0 N–H and O–H groups in total. The first-order valence-electron chi connectivity index (χ1n) is 7.02. The maximum Gasteiger partial charge on any atom is 0.416 e. The highest BCUT2D eigenvalue weighted by molar-refractivity contribution is 5.84. The average Bonchev–Trinajstić information content (AvgIpc) is 2.53. The number of hydrogen-bond acceptors (Lipinski definition) is 2. The van der Waals surface area contributed by atoms with Gasteiger partial charge in [-0.3, -0.25) is 4.79 Å². The molecule has 0 aliphatic heterocycles. The largest absolute Gasteiger partial charge is 0.493 e. The molecule has 2 aromatic carbocycles. The Hall–Kier alpha value is -2.56. The Morgan fingerprint density at radius 3 is 2.39 bits per heavy atom. The Labute approximate surface area is 132 Å². The molecule has 0 heterocycles. The number of rotatable bonds is 5. The fourth-order valence-corrected chi connectivity index (χ4v) is 2.11. The smallest absolute Gasteiger partial charge is 0.416 e. The first-order chi connectivity index (χ1) is 11.0. The van der Waals surface area contributed by atoms with Gasteiger partial charge in [0.15, 0.2) is 6.29 Å². The quantitative estimate of drug-likeness (QED) is 0.567. The van der Waals surface area contributed by atoms with Crippen molar-refractivity contribution in [2.24, 2.45) is 0 Å². The van der Waals surface area contributed by atoms with Gasteiger partial charge in [0.2, 0.25) is 0 Å². The lowest BCUT2D eigenvalue weighted by Crippen LogP contribution is -2.04. The molecule has 0 saturated carbocycles. The number of halogens is 3. The molecule has 2 nitrogen and oxygen atoms in total. The summed E-state index contributed by atoms with van der Waals surface area (Å²) >= 11 is 0. The van der Waals surface area contributed by atoms with Gasteiger partial charge in [0.25, 0.3) is 0 Å². The van der Waals surface area contributed by atoms with Gasteiger partial charge in [0, 0.05) is 5.56 Å². The molecule has 0 aliphatic rings. The van der Waals surface area contributed by atoms with Gasteiger partial charge in [0.05, 0.1) is 17.7 Å². The Kier molecular flexibility index (Phi) is 5.21. The van der Waals surface area contributed by atoms with Crippen molar-refractivity contribution in [3.63, 3.8) is 0 Å². The van der Waals surface area contributed by atoms with E-state index >= 15 is 0 Å². The monoisotopic (exact) mass is 320 g/mol. The summed E-state index contributed by atoms with van der Waals surface area (Å²) in [5.41, 5.74) is 0.747. The van der Waals surface area contributed by atoms with Crippen LogP contribution in [0.3, 0.4) is 0 Å². The molecule has 0 bridgehead atoms. The molecule has 0 radical (unpaired) electrons. The molecular formula is C18H15F3O2. The van der Waals surface area contributed by atoms with Crippen LogP contribution < -0.4 is 4.74 Å². The van der Waals surface area contributed by atoms with Crippen LogP contribution in [-0.2, 0) is 6.18 Å². The van der Waals surface area contributed by atoms with E-state index in [1.54, 1.807) is 43.3 Å². The molecule has 0 atom stereocenters. The Bertz CT molecular complexity index is 718. The minimum atomic E-state index is -4.38. The number of hydrogen-bond donors (Lipinski definition) is 0. The fraction of sp³-hybridized carbons (Fsp3) is 0.167. The van der Waals surface area contributed by atoms with Gasteiger partial charge in [-0.15, -0.1) is 0 Å². The number of alkyl halides is 3. The van der Waals surface area contributed by atoms with Crippen molar-refractivity contribution in [1.29, 1.82) is 0 Å². The van der Waals surface area contributed by atoms with Crippen LogP contribution in [0.1, 0.15) is 34.0 Å². The van der Waals surface area contributed by atoms with Crippen LogP contribution in [0.5, 0.6) is 5.75 Å². The summed E-state index contributed by atoms with van der Waals surface area (Å²) in [5, 5.41) is 0. The van der Waals surface area contributed by atoms with Crippen LogP contribution in [0.25, 0.3) is 12.2 Å². The molecular weight excluding hydrogens is 305 g/mol. The standard InChI is InChI=1S/C18H15F3O2/c1-2-23-17-14(6-4-7-15(17)12-22)10-9-13-5-3-8-16(11-13)18(19,20)21/h3-12H,2H2,1H3. The molecule has 0 aliphatic carbocycles. The maximum absolute atomic E-state index is 12.7. The summed E-state index contributed by atoms with van der Waals surface area (Å²) in [6.07, 6.45) is -0.500. The van der Waals surface area contributed by atoms with E-state index in [1.165, 1.54) is 6.07 Å². The molecule has 0 saturated heterocycles. The highest BCUT2D eigenvalue weighted by Crippen LogP contribution is 2.30. The van der Waals surface area contributed by atoms with E-state index in [2.05, 4.69) is 0 Å². The predicted molar refractivity (Wildman–Crippen MR) is 83.4 cm³/mol. The normalized spacial score (nSPS) is 11.7. The van der Waals surface area contributed by atoms with E-state index in [9.17, 15) is 18.0 Å². The molecule has 2 rings (SSSR count). The highest BCUT2D eigenvalue weighted by atomic mass is 19.4. The molecule has 0 amide bonds. The zero-order valence-corrected chi connectivity index (χ0v) is 12.4. The molecule has 0 spiro atoms. The van der Waals surface area contributed by atoms with Crippen LogP contribution in [0.4, 0.5) is 13.2 Å². The van der Waals surface area contributed by atoms with Gasteiger partial charge in [-0.25, -0.2) is 0 Å². The lowest BCUT2D eigenvalue weighted by molar-refractivity contribution is -0.137. The van der Waals surface area contributed by atoms with E-state index in [0.29, 0.717) is 35.3 Å². The number of aldehydes is 1. The fourth-order valence-electron chi connectivity index (χ4n) is 2.11. The van der Waals surface area contributed by atoms with Crippen molar-refractivity contribution in [2.45, 2.75) is 13.1 Å². The lowest BCUT2D eigenvalue weighted by atomic mass is 10.1. The van der Waals surface area contributed by atoms with E-state index < -0.39 is 11.7 Å². The zero-order valence-electron chi connectivity index (χ0n) is 12.4. The molecule has 0 unspecified atom stereocenters. The van der Waals surface area contributed by atoms with Crippen LogP contribution in [-0.4, -0.2) is 12.9 Å². The van der Waals surface area contributed by atoms with Crippen molar-refractivity contribution in [3.05, 3.63) is 64.7 Å². The summed E-state index contributed by atoms with van der Waals surface area (Å²) < 4.78 is 43.6. The Morgan fingerprint density at radius 1 is 1.04 bits per heavy atom. The molecule has 23 heavy (non-hydrogen) atoms. The topological polar surface area (TPSA) is 26.3 Å². The predicted octanol–water partition coefficient (Wildman–Crippen LogP) is 5.09. The van der Waals surface area contributed by atoms with E-state index in [4.69, 9.17) is 4.74 Å². The summed E-state index contributed by atoms with van der Waals surface area (Å²) in [7, 11) is 0. The zero-order chi connectivity index (χ0) is 16.9. The van der Waals surface area contributed by atoms with E-state index in [1.807, 2.05) is 0 Å². The van der Waals surface area contributed by atoms with Crippen LogP contribution in [0.15, 0.2) is 42.5 Å². The maximum atomic E-state index is 12.7. The third-order valence-electron chi connectivity index (χ3n) is 3.16. The van der Waals surface area contributed by atoms with Crippen molar-refractivity contribution in [1.82, 2.24) is 0 Å². The SMILES string of the molecule is CCOc1c(C=O)cccc1C=Cc1cccc(C(F)(F)F)c1. The van der Waals surface area contributed by atoms with Crippen molar-refractivity contribution >= 4 is 18.4 Å². The molecule has 2 aromatic rings. The minimum absolute atomic E-state index is 0.384. The second-order valence-electron chi connectivity index (χ2n) is 4.77. The number of para-hydroxylation sites is 1. The van der Waals surface area contributed by atoms with Gasteiger partial charge < -0.3 is 4.74 Å². The summed E-state index contributed by atoms with van der Waals surface area (Å²) in [4.78, 5) is 11.1. The third-order valence-corrected chi connectivity index (χ3v) is 3.16. The van der Waals surface area contributed by atoms with Crippen LogP contribution >= 0.6 is 0 Å². The first-order valence-corrected chi connectivity index (χ1v) is 7.02. The Balaban J connectivity index is 2.36. The van der Waals surface area contributed by atoms with Crippen LogP contribution in [0.2, 0.25) is 0 Å². The van der Waals surface area contributed by atoms with Gasteiger partial charge >= 0.3 is 6.18 Å². The molecule has 0 fully saturated rings. The van der Waals surface area contributed by atoms with Crippen molar-refractivity contribution < 1.29 is 22.7 Å². The lowest BCUT2D eigenvalue weighted by Gasteiger charge is -2.10. The van der Waals surface area contributed by atoms with Gasteiger partial charge in [-0.2, -0.15) is 13.2 Å². The average molecular weight is 320 g/mol. The minimum Gasteiger partial charge on any atom is -0.493 e. The number of benzene rings is 2. The molecule has 120 valence electrons. The second-order valence-corrected chi connectivity index (χ2v) is 4.77. The van der Waals surface area contributed by atoms with E-state index in [0.717, 1.165) is 12.1 Å². The highest BCUT2D eigenvalue weighted by Gasteiger charge is 2.30. The van der Waals surface area contributed by atoms with Gasteiger partial charge in [-0.05, 0) is 30.7 Å². The Morgan fingerprint density at radius 2 is 1.74 bits per heavy atom. The van der Waals surface area contributed by atoms with Crippen molar-refractivity contribution in [2.75, 3.05) is 6.61 Å². The number of carbonyl (C=O) groups is 1. The number of carbonyl (C=O) groups excluding carboxylic acids is 1. The van der Waals surface area contributed by atoms with E-state index in [-0.39, 0.29) is 0 Å². The summed E-state index contributed by atoms with van der Waals surface area (Å²) in [6, 6.07) is 10.1. The van der Waals surface area contributed by atoms with Crippen molar-refractivity contribution in [3.8, 4) is 5.75 Å². The summed E-state index contributed by atoms with van der Waals surface area (Å²) in [6.45, 7) is 2.18. The van der Waals surface area contributed by atoms with Gasteiger partial charge in [-0.1, -0.05) is 36.4 Å². The second kappa shape index (κ2) is 7.13. The number of ether oxygens (including phenoxy) is 1. The first kappa shape index (κ1) is 16.8. The summed E-state index contributed by atoms with van der Waals surface area (Å²) in [5.74, 6) is 0.424.